The van der Waals surface area contributed by atoms with Crippen molar-refractivity contribution in [2.24, 2.45) is 5.73 Å². The van der Waals surface area contributed by atoms with Crippen LogP contribution in [0, 0.1) is 0 Å². The zero-order chi connectivity index (χ0) is 14.7. The van der Waals surface area contributed by atoms with Gasteiger partial charge in [-0.3, -0.25) is 4.68 Å². The highest BCUT2D eigenvalue weighted by molar-refractivity contribution is 9.11. The van der Waals surface area contributed by atoms with Crippen LogP contribution in [0.2, 0.25) is 0 Å². The van der Waals surface area contributed by atoms with E-state index in [1.54, 1.807) is 11.3 Å². The molecule has 0 aliphatic heterocycles. The molecule has 0 amide bonds. The zero-order valence-corrected chi connectivity index (χ0v) is 14.7. The summed E-state index contributed by atoms with van der Waals surface area (Å²) in [6.07, 6.45) is 2.87. The van der Waals surface area contributed by atoms with Crippen molar-refractivity contribution in [3.05, 3.63) is 38.3 Å². The van der Waals surface area contributed by atoms with Crippen LogP contribution in [0.15, 0.2) is 22.0 Å². The van der Waals surface area contributed by atoms with Crippen LogP contribution in [0.25, 0.3) is 0 Å². The maximum absolute atomic E-state index is 6.40. The number of hydrogen-bond acceptors (Lipinski definition) is 3. The Labute approximate surface area is 133 Å². The Morgan fingerprint density at radius 2 is 2.05 bits per heavy atom. The molecule has 5 heteroatoms. The van der Waals surface area contributed by atoms with Crippen molar-refractivity contribution in [2.75, 3.05) is 0 Å². The summed E-state index contributed by atoms with van der Waals surface area (Å²) < 4.78 is 3.28. The van der Waals surface area contributed by atoms with Crippen LogP contribution in [-0.4, -0.2) is 15.8 Å². The third-order valence-electron chi connectivity index (χ3n) is 3.61. The van der Waals surface area contributed by atoms with Crippen molar-refractivity contribution in [3.8, 4) is 0 Å². The molecule has 0 spiro atoms. The second-order valence-corrected chi connectivity index (χ2v) is 7.43. The lowest BCUT2D eigenvalue weighted by atomic mass is 10.0. The minimum absolute atomic E-state index is 0.0791. The summed E-state index contributed by atoms with van der Waals surface area (Å²) in [5.41, 5.74) is 8.80. The van der Waals surface area contributed by atoms with Crippen molar-refractivity contribution in [3.63, 3.8) is 0 Å². The van der Waals surface area contributed by atoms with Crippen LogP contribution in [-0.2, 0) is 12.8 Å². The summed E-state index contributed by atoms with van der Waals surface area (Å²) in [6, 6.07) is 6.66. The normalized spacial score (nSPS) is 14.4. The summed E-state index contributed by atoms with van der Waals surface area (Å²) in [7, 11) is 0. The second-order valence-electron chi connectivity index (χ2n) is 4.94. The van der Waals surface area contributed by atoms with E-state index in [2.05, 4.69) is 59.6 Å². The molecule has 0 fully saturated rings. The molecule has 0 radical (unpaired) electrons. The first kappa shape index (κ1) is 15.7. The summed E-state index contributed by atoms with van der Waals surface area (Å²) >= 11 is 5.29. The molecule has 2 rings (SSSR count). The molecule has 0 bridgehead atoms. The SMILES string of the molecule is CCc1cc(CC)n(C(c2ccc(Br)s2)C(N)CC)n1. The molecule has 0 aliphatic carbocycles. The van der Waals surface area contributed by atoms with Gasteiger partial charge >= 0.3 is 0 Å². The van der Waals surface area contributed by atoms with Gasteiger partial charge in [-0.25, -0.2) is 0 Å². The van der Waals surface area contributed by atoms with Gasteiger partial charge in [0.25, 0.3) is 0 Å². The summed E-state index contributed by atoms with van der Waals surface area (Å²) in [4.78, 5) is 1.27. The maximum Gasteiger partial charge on any atom is 0.101 e. The molecule has 2 aromatic rings. The summed E-state index contributed by atoms with van der Waals surface area (Å²) in [6.45, 7) is 6.45. The van der Waals surface area contributed by atoms with Gasteiger partial charge in [0.1, 0.15) is 6.04 Å². The Morgan fingerprint density at radius 3 is 2.55 bits per heavy atom. The average Bonchev–Trinajstić information content (AvgIpc) is 3.05. The predicted molar refractivity (Wildman–Crippen MR) is 89.4 cm³/mol. The highest BCUT2D eigenvalue weighted by Crippen LogP contribution is 2.32. The molecule has 20 heavy (non-hydrogen) atoms. The fourth-order valence-corrected chi connectivity index (χ4v) is 3.98. The van der Waals surface area contributed by atoms with Gasteiger partial charge in [-0.15, -0.1) is 11.3 Å². The number of aromatic nitrogens is 2. The van der Waals surface area contributed by atoms with E-state index >= 15 is 0 Å². The van der Waals surface area contributed by atoms with Gasteiger partial charge in [0.2, 0.25) is 0 Å². The molecule has 0 aliphatic rings. The molecular formula is C15H22BrN3S. The minimum atomic E-state index is 0.0791. The van der Waals surface area contributed by atoms with Crippen LogP contribution >= 0.6 is 27.3 Å². The van der Waals surface area contributed by atoms with E-state index < -0.39 is 0 Å². The van der Waals surface area contributed by atoms with E-state index in [-0.39, 0.29) is 12.1 Å². The minimum Gasteiger partial charge on any atom is -0.326 e. The summed E-state index contributed by atoms with van der Waals surface area (Å²) in [5, 5.41) is 4.78. The number of nitrogens with two attached hydrogens (primary N) is 1. The Morgan fingerprint density at radius 1 is 1.30 bits per heavy atom. The average molecular weight is 356 g/mol. The third-order valence-corrected chi connectivity index (χ3v) is 5.31. The van der Waals surface area contributed by atoms with Crippen molar-refractivity contribution in [2.45, 2.75) is 52.1 Å². The van der Waals surface area contributed by atoms with E-state index in [1.165, 1.54) is 10.6 Å². The molecule has 2 atom stereocenters. The molecule has 2 aromatic heterocycles. The van der Waals surface area contributed by atoms with Gasteiger partial charge in [0.15, 0.2) is 0 Å². The highest BCUT2D eigenvalue weighted by Gasteiger charge is 2.25. The number of thiophene rings is 1. The van der Waals surface area contributed by atoms with Crippen LogP contribution in [0.1, 0.15) is 49.5 Å². The molecule has 0 saturated heterocycles. The molecule has 2 unspecified atom stereocenters. The molecule has 110 valence electrons. The lowest BCUT2D eigenvalue weighted by Crippen LogP contribution is -2.33. The number of hydrogen-bond donors (Lipinski definition) is 1. The van der Waals surface area contributed by atoms with Gasteiger partial charge in [-0.05, 0) is 53.4 Å². The predicted octanol–water partition coefficient (Wildman–Crippen LogP) is 4.16. The number of rotatable bonds is 6. The quantitative estimate of drug-likeness (QED) is 0.845. The molecule has 3 nitrogen and oxygen atoms in total. The highest BCUT2D eigenvalue weighted by atomic mass is 79.9. The topological polar surface area (TPSA) is 43.8 Å². The van der Waals surface area contributed by atoms with Gasteiger partial charge < -0.3 is 5.73 Å². The van der Waals surface area contributed by atoms with Gasteiger partial charge in [0, 0.05) is 16.6 Å². The van der Waals surface area contributed by atoms with Gasteiger partial charge in [-0.1, -0.05) is 20.8 Å². The smallest absolute Gasteiger partial charge is 0.101 e. The standard InChI is InChI=1S/C15H22BrN3S/c1-4-10-9-11(5-2)19(18-10)15(12(17)6-3)13-7-8-14(16)20-13/h7-9,12,15H,4-6,17H2,1-3H3. The number of halogens is 1. The van der Waals surface area contributed by atoms with E-state index in [9.17, 15) is 0 Å². The molecule has 2 heterocycles. The molecule has 2 N–H and O–H groups in total. The van der Waals surface area contributed by atoms with Crippen LogP contribution in [0.4, 0.5) is 0 Å². The number of nitrogens with zero attached hydrogens (tertiary/aromatic N) is 2. The van der Waals surface area contributed by atoms with Crippen molar-refractivity contribution in [1.29, 1.82) is 0 Å². The maximum atomic E-state index is 6.40. The van der Waals surface area contributed by atoms with Crippen LogP contribution in [0.3, 0.4) is 0 Å². The van der Waals surface area contributed by atoms with E-state index in [0.717, 1.165) is 28.7 Å². The van der Waals surface area contributed by atoms with Crippen LogP contribution < -0.4 is 5.73 Å². The fourth-order valence-electron chi connectivity index (χ4n) is 2.39. The van der Waals surface area contributed by atoms with E-state index in [0.29, 0.717) is 0 Å². The Hall–Kier alpha value is -0.650. The third kappa shape index (κ3) is 3.15. The van der Waals surface area contributed by atoms with Gasteiger partial charge in [0.05, 0.1) is 9.48 Å². The van der Waals surface area contributed by atoms with E-state index in [4.69, 9.17) is 10.8 Å². The fraction of sp³-hybridized carbons (Fsp3) is 0.533. The van der Waals surface area contributed by atoms with Crippen molar-refractivity contribution < 1.29 is 0 Å². The number of aryl methyl sites for hydroxylation is 2. The Kier molecular flexibility index (Phi) is 5.41. The largest absolute Gasteiger partial charge is 0.326 e. The first-order chi connectivity index (χ1) is 9.60. The lowest BCUT2D eigenvalue weighted by molar-refractivity contribution is 0.416. The Balaban J connectivity index is 2.48. The zero-order valence-electron chi connectivity index (χ0n) is 12.3. The van der Waals surface area contributed by atoms with Crippen molar-refractivity contribution >= 4 is 27.3 Å². The molecule has 0 saturated carbocycles. The molecule has 0 aromatic carbocycles. The first-order valence-corrected chi connectivity index (χ1v) is 8.79. The lowest BCUT2D eigenvalue weighted by Gasteiger charge is -2.24. The van der Waals surface area contributed by atoms with Crippen molar-refractivity contribution in [1.82, 2.24) is 9.78 Å². The van der Waals surface area contributed by atoms with Crippen LogP contribution in [0.5, 0.6) is 0 Å². The first-order valence-electron chi connectivity index (χ1n) is 7.18. The van der Waals surface area contributed by atoms with Gasteiger partial charge in [-0.2, -0.15) is 5.10 Å². The Bertz CT molecular complexity index is 561. The molecular weight excluding hydrogens is 334 g/mol. The monoisotopic (exact) mass is 355 g/mol. The summed E-state index contributed by atoms with van der Waals surface area (Å²) in [5.74, 6) is 0. The van der Waals surface area contributed by atoms with E-state index in [1.807, 2.05) is 0 Å². The second kappa shape index (κ2) is 6.87.